The third-order valence-corrected chi connectivity index (χ3v) is 5.30. The number of amides is 2. The van der Waals surface area contributed by atoms with Crippen molar-refractivity contribution in [1.82, 2.24) is 14.4 Å². The van der Waals surface area contributed by atoms with E-state index in [2.05, 4.69) is 36.7 Å². The van der Waals surface area contributed by atoms with E-state index >= 15 is 0 Å². The molecular weight excluding hydrogens is 430 g/mol. The van der Waals surface area contributed by atoms with Crippen LogP contribution in [0.3, 0.4) is 0 Å². The highest BCUT2D eigenvalue weighted by atomic mass is 79.9. The maximum Gasteiger partial charge on any atom is 0.254 e. The molecular formula is C23H32BrN3O2. The lowest BCUT2D eigenvalue weighted by molar-refractivity contribution is -0.133. The van der Waals surface area contributed by atoms with Gasteiger partial charge in [-0.2, -0.15) is 0 Å². The average molecular weight is 462 g/mol. The number of carbonyl (C=O) groups excluding carboxylic acids is 2. The Morgan fingerprint density at radius 1 is 1.14 bits per heavy atom. The Morgan fingerprint density at radius 2 is 1.90 bits per heavy atom. The standard InChI is InChI=1S/C23H32BrN3O2/c1-5-6-13-26(23(29)19-9-7-10-20(24)14-19)17-22(28)27(15-18(2)3)16-21-11-8-12-25(21)4/h7-12,14,18H,5-6,13,15-17H2,1-4H3. The second kappa shape index (κ2) is 11.2. The highest BCUT2D eigenvalue weighted by molar-refractivity contribution is 9.10. The van der Waals surface area contributed by atoms with Gasteiger partial charge in [0.15, 0.2) is 0 Å². The molecule has 0 unspecified atom stereocenters. The van der Waals surface area contributed by atoms with Crippen LogP contribution in [-0.4, -0.2) is 45.8 Å². The Balaban J connectivity index is 2.18. The molecule has 0 saturated carbocycles. The van der Waals surface area contributed by atoms with Gasteiger partial charge in [-0.25, -0.2) is 0 Å². The normalized spacial score (nSPS) is 11.0. The molecule has 2 amide bonds. The second-order valence-corrected chi connectivity index (χ2v) is 8.78. The number of benzene rings is 1. The first kappa shape index (κ1) is 23.2. The van der Waals surface area contributed by atoms with Gasteiger partial charge in [-0.3, -0.25) is 9.59 Å². The van der Waals surface area contributed by atoms with Gasteiger partial charge in [-0.1, -0.05) is 49.2 Å². The van der Waals surface area contributed by atoms with Crippen LogP contribution >= 0.6 is 15.9 Å². The molecule has 0 fully saturated rings. The fourth-order valence-electron chi connectivity index (χ4n) is 3.22. The molecule has 0 aliphatic carbocycles. The lowest BCUT2D eigenvalue weighted by Crippen LogP contribution is -2.44. The van der Waals surface area contributed by atoms with Crippen LogP contribution in [0.4, 0.5) is 0 Å². The number of nitrogens with zero attached hydrogens (tertiary/aromatic N) is 3. The van der Waals surface area contributed by atoms with Crippen molar-refractivity contribution in [2.75, 3.05) is 19.6 Å². The number of carbonyl (C=O) groups is 2. The van der Waals surface area contributed by atoms with Crippen molar-refractivity contribution in [2.24, 2.45) is 13.0 Å². The summed E-state index contributed by atoms with van der Waals surface area (Å²) in [6.45, 7) is 8.18. The first-order valence-electron chi connectivity index (χ1n) is 10.2. The van der Waals surface area contributed by atoms with Crippen LogP contribution in [0.1, 0.15) is 49.7 Å². The van der Waals surface area contributed by atoms with E-state index in [0.717, 1.165) is 23.0 Å². The van der Waals surface area contributed by atoms with E-state index in [-0.39, 0.29) is 18.4 Å². The van der Waals surface area contributed by atoms with Gasteiger partial charge in [0.1, 0.15) is 6.54 Å². The fourth-order valence-corrected chi connectivity index (χ4v) is 3.62. The molecule has 2 rings (SSSR count). The number of rotatable bonds is 10. The molecule has 0 bridgehead atoms. The number of halogens is 1. The molecule has 5 nitrogen and oxygen atoms in total. The van der Waals surface area contributed by atoms with Gasteiger partial charge in [0.2, 0.25) is 5.91 Å². The van der Waals surface area contributed by atoms with Crippen molar-refractivity contribution in [3.63, 3.8) is 0 Å². The fraction of sp³-hybridized carbons (Fsp3) is 0.478. The molecule has 0 N–H and O–H groups in total. The van der Waals surface area contributed by atoms with Crippen LogP contribution in [0.2, 0.25) is 0 Å². The third-order valence-electron chi connectivity index (χ3n) is 4.81. The van der Waals surface area contributed by atoms with Crippen molar-refractivity contribution in [3.05, 3.63) is 58.3 Å². The zero-order chi connectivity index (χ0) is 21.4. The highest BCUT2D eigenvalue weighted by Crippen LogP contribution is 2.15. The van der Waals surface area contributed by atoms with E-state index in [1.807, 2.05) is 53.0 Å². The third kappa shape index (κ3) is 7.03. The SMILES string of the molecule is CCCCN(CC(=O)N(Cc1cccn1C)CC(C)C)C(=O)c1cccc(Br)c1. The number of aryl methyl sites for hydroxylation is 1. The maximum atomic E-state index is 13.2. The van der Waals surface area contributed by atoms with Crippen molar-refractivity contribution in [1.29, 1.82) is 0 Å². The van der Waals surface area contributed by atoms with Gasteiger partial charge in [0, 0.05) is 42.1 Å². The lowest BCUT2D eigenvalue weighted by Gasteiger charge is -2.29. The van der Waals surface area contributed by atoms with Crippen molar-refractivity contribution >= 4 is 27.7 Å². The van der Waals surface area contributed by atoms with Gasteiger partial charge < -0.3 is 14.4 Å². The minimum atomic E-state index is -0.100. The van der Waals surface area contributed by atoms with Crippen molar-refractivity contribution in [3.8, 4) is 0 Å². The Hall–Kier alpha value is -2.08. The highest BCUT2D eigenvalue weighted by Gasteiger charge is 2.23. The number of hydrogen-bond acceptors (Lipinski definition) is 2. The topological polar surface area (TPSA) is 45.6 Å². The molecule has 0 atom stereocenters. The summed E-state index contributed by atoms with van der Waals surface area (Å²) in [6.07, 6.45) is 3.82. The summed E-state index contributed by atoms with van der Waals surface area (Å²) in [5.74, 6) is 0.236. The molecule has 158 valence electrons. The predicted molar refractivity (Wildman–Crippen MR) is 121 cm³/mol. The summed E-state index contributed by atoms with van der Waals surface area (Å²) in [4.78, 5) is 29.8. The van der Waals surface area contributed by atoms with Gasteiger partial charge in [-0.05, 0) is 42.7 Å². The molecule has 6 heteroatoms. The van der Waals surface area contributed by atoms with E-state index in [9.17, 15) is 9.59 Å². The predicted octanol–water partition coefficient (Wildman–Crippen LogP) is 4.71. The summed E-state index contributed by atoms with van der Waals surface area (Å²) in [5.41, 5.74) is 1.68. The summed E-state index contributed by atoms with van der Waals surface area (Å²) in [6, 6.07) is 11.4. The first-order chi connectivity index (χ1) is 13.8. The molecule has 1 aromatic carbocycles. The van der Waals surface area contributed by atoms with E-state index < -0.39 is 0 Å². The molecule has 1 heterocycles. The van der Waals surface area contributed by atoms with Crippen molar-refractivity contribution in [2.45, 2.75) is 40.2 Å². The number of aromatic nitrogens is 1. The minimum absolute atomic E-state index is 0.0145. The summed E-state index contributed by atoms with van der Waals surface area (Å²) in [7, 11) is 1.98. The first-order valence-corrected chi connectivity index (χ1v) is 11.0. The van der Waals surface area contributed by atoms with Crippen LogP contribution < -0.4 is 0 Å². The average Bonchev–Trinajstić information content (AvgIpc) is 3.08. The Labute approximate surface area is 182 Å². The monoisotopic (exact) mass is 461 g/mol. The lowest BCUT2D eigenvalue weighted by atomic mass is 10.1. The summed E-state index contributed by atoms with van der Waals surface area (Å²) >= 11 is 3.43. The zero-order valence-electron chi connectivity index (χ0n) is 17.9. The van der Waals surface area contributed by atoms with Gasteiger partial charge >= 0.3 is 0 Å². The molecule has 0 aliphatic rings. The Kier molecular flexibility index (Phi) is 8.96. The van der Waals surface area contributed by atoms with Crippen LogP contribution in [-0.2, 0) is 18.4 Å². The molecule has 0 aliphatic heterocycles. The molecule has 1 aromatic heterocycles. The minimum Gasteiger partial charge on any atom is -0.353 e. The van der Waals surface area contributed by atoms with Crippen LogP contribution in [0.25, 0.3) is 0 Å². The number of unbranched alkanes of at least 4 members (excludes halogenated alkanes) is 1. The zero-order valence-corrected chi connectivity index (χ0v) is 19.5. The largest absolute Gasteiger partial charge is 0.353 e. The quantitative estimate of drug-likeness (QED) is 0.513. The van der Waals surface area contributed by atoms with E-state index in [0.29, 0.717) is 31.1 Å². The number of hydrogen-bond donors (Lipinski definition) is 0. The second-order valence-electron chi connectivity index (χ2n) is 7.87. The smallest absolute Gasteiger partial charge is 0.254 e. The molecule has 0 saturated heterocycles. The molecule has 29 heavy (non-hydrogen) atoms. The summed E-state index contributed by atoms with van der Waals surface area (Å²) in [5, 5.41) is 0. The van der Waals surface area contributed by atoms with E-state index in [1.54, 1.807) is 11.0 Å². The molecule has 0 radical (unpaired) electrons. The van der Waals surface area contributed by atoms with Crippen LogP contribution in [0.5, 0.6) is 0 Å². The van der Waals surface area contributed by atoms with Crippen molar-refractivity contribution < 1.29 is 9.59 Å². The van der Waals surface area contributed by atoms with E-state index in [1.165, 1.54) is 0 Å². The summed E-state index contributed by atoms with van der Waals surface area (Å²) < 4.78 is 2.89. The van der Waals surface area contributed by atoms with Crippen LogP contribution in [0.15, 0.2) is 47.1 Å². The molecule has 2 aromatic rings. The Morgan fingerprint density at radius 3 is 2.48 bits per heavy atom. The molecule has 0 spiro atoms. The van der Waals surface area contributed by atoms with Gasteiger partial charge in [0.05, 0.1) is 6.54 Å². The maximum absolute atomic E-state index is 13.2. The Bertz CT molecular complexity index is 816. The van der Waals surface area contributed by atoms with Gasteiger partial charge in [-0.15, -0.1) is 0 Å². The van der Waals surface area contributed by atoms with Gasteiger partial charge in [0.25, 0.3) is 5.91 Å². The van der Waals surface area contributed by atoms with Crippen LogP contribution in [0, 0.1) is 5.92 Å². The van der Waals surface area contributed by atoms with E-state index in [4.69, 9.17) is 0 Å².